The van der Waals surface area contributed by atoms with Crippen LogP contribution in [0.5, 0.6) is 0 Å². The average Bonchev–Trinajstić information content (AvgIpc) is 3.49. The van der Waals surface area contributed by atoms with Gasteiger partial charge in [-0.3, -0.25) is 9.59 Å². The van der Waals surface area contributed by atoms with Gasteiger partial charge in [0.15, 0.2) is 0 Å². The molecule has 1 aliphatic rings. The predicted molar refractivity (Wildman–Crippen MR) is 113 cm³/mol. The smallest absolute Gasteiger partial charge is 0.240 e. The molecule has 29 heavy (non-hydrogen) atoms. The van der Waals surface area contributed by atoms with Crippen LogP contribution in [-0.2, 0) is 26.2 Å². The zero-order chi connectivity index (χ0) is 21.3. The van der Waals surface area contributed by atoms with Crippen molar-refractivity contribution in [2.24, 2.45) is 0 Å². The molecule has 1 saturated carbocycles. The van der Waals surface area contributed by atoms with Crippen molar-refractivity contribution in [2.75, 3.05) is 13.1 Å². The lowest BCUT2D eigenvalue weighted by Crippen LogP contribution is -2.32. The fourth-order valence-electron chi connectivity index (χ4n) is 3.02. The predicted octanol–water partition coefficient (Wildman–Crippen LogP) is 2.56. The van der Waals surface area contributed by atoms with Gasteiger partial charge in [-0.15, -0.1) is 0 Å². The fraction of sp³-hybridized carbons (Fsp3) is 0.619. The summed E-state index contributed by atoms with van der Waals surface area (Å²) in [5, 5.41) is 2.82. The normalized spacial score (nSPS) is 13.9. The minimum absolute atomic E-state index is 0.0712. The maximum absolute atomic E-state index is 12.2. The first kappa shape index (κ1) is 23.3. The third-order valence-corrected chi connectivity index (χ3v) is 6.29. The third-order valence-electron chi connectivity index (χ3n) is 4.76. The van der Waals surface area contributed by atoms with Gasteiger partial charge in [0.05, 0.1) is 4.90 Å². The summed E-state index contributed by atoms with van der Waals surface area (Å²) in [6, 6.07) is 6.60. The lowest BCUT2D eigenvalue weighted by Gasteiger charge is -2.21. The Morgan fingerprint density at radius 1 is 1.03 bits per heavy atom. The SMILES string of the molecule is CCCN(CCC)C(=O)CCCC(=O)NCc1ccc(S(=O)(=O)NC2CC2)cc1. The van der Waals surface area contributed by atoms with Crippen molar-refractivity contribution in [3.63, 3.8) is 0 Å². The number of hydrogen-bond acceptors (Lipinski definition) is 4. The van der Waals surface area contributed by atoms with Crippen molar-refractivity contribution in [1.29, 1.82) is 0 Å². The second-order valence-electron chi connectivity index (χ2n) is 7.55. The molecule has 2 amide bonds. The molecule has 7 nitrogen and oxygen atoms in total. The van der Waals surface area contributed by atoms with Crippen molar-refractivity contribution < 1.29 is 18.0 Å². The molecule has 0 unspecified atom stereocenters. The summed E-state index contributed by atoms with van der Waals surface area (Å²) in [6.45, 7) is 5.96. The first-order valence-corrected chi connectivity index (χ1v) is 12.0. The van der Waals surface area contributed by atoms with E-state index in [0.717, 1.165) is 44.3 Å². The van der Waals surface area contributed by atoms with Gasteiger partial charge in [-0.25, -0.2) is 13.1 Å². The standard InChI is InChI=1S/C21H33N3O4S/c1-3-14-24(15-4-2)21(26)7-5-6-20(25)22-16-17-8-12-19(13-9-17)29(27,28)23-18-10-11-18/h8-9,12-13,18,23H,3-7,10-11,14-16H2,1-2H3,(H,22,25). The van der Waals surface area contributed by atoms with E-state index in [-0.39, 0.29) is 22.8 Å². The van der Waals surface area contributed by atoms with Crippen molar-refractivity contribution in [1.82, 2.24) is 14.9 Å². The molecular formula is C21H33N3O4S. The van der Waals surface area contributed by atoms with Gasteiger partial charge in [-0.1, -0.05) is 26.0 Å². The molecule has 1 aromatic carbocycles. The Hall–Kier alpha value is -1.93. The summed E-state index contributed by atoms with van der Waals surface area (Å²) in [5.41, 5.74) is 0.830. The van der Waals surface area contributed by atoms with Crippen LogP contribution in [0.3, 0.4) is 0 Å². The van der Waals surface area contributed by atoms with E-state index in [9.17, 15) is 18.0 Å². The molecule has 1 fully saturated rings. The van der Waals surface area contributed by atoms with Gasteiger partial charge in [-0.05, 0) is 49.8 Å². The highest BCUT2D eigenvalue weighted by atomic mass is 32.2. The van der Waals surface area contributed by atoms with Crippen molar-refractivity contribution in [2.45, 2.75) is 76.3 Å². The molecule has 2 rings (SSSR count). The van der Waals surface area contributed by atoms with Gasteiger partial charge in [0.2, 0.25) is 21.8 Å². The highest BCUT2D eigenvalue weighted by Crippen LogP contribution is 2.22. The Morgan fingerprint density at radius 2 is 1.66 bits per heavy atom. The number of carbonyl (C=O) groups excluding carboxylic acids is 2. The quantitative estimate of drug-likeness (QED) is 0.510. The largest absolute Gasteiger partial charge is 0.352 e. The third kappa shape index (κ3) is 8.14. The molecule has 2 N–H and O–H groups in total. The number of rotatable bonds is 13. The summed E-state index contributed by atoms with van der Waals surface area (Å²) >= 11 is 0. The van der Waals surface area contributed by atoms with E-state index < -0.39 is 10.0 Å². The van der Waals surface area contributed by atoms with Gasteiger partial charge in [0.1, 0.15) is 0 Å². The van der Waals surface area contributed by atoms with E-state index >= 15 is 0 Å². The first-order chi connectivity index (χ1) is 13.9. The van der Waals surface area contributed by atoms with Gasteiger partial charge in [0.25, 0.3) is 0 Å². The van der Waals surface area contributed by atoms with Gasteiger partial charge >= 0.3 is 0 Å². The fourth-order valence-corrected chi connectivity index (χ4v) is 4.33. The van der Waals surface area contributed by atoms with E-state index in [1.54, 1.807) is 24.3 Å². The van der Waals surface area contributed by atoms with Crippen LogP contribution in [0.2, 0.25) is 0 Å². The molecule has 162 valence electrons. The first-order valence-electron chi connectivity index (χ1n) is 10.5. The molecule has 0 radical (unpaired) electrons. The maximum atomic E-state index is 12.2. The van der Waals surface area contributed by atoms with E-state index in [4.69, 9.17) is 0 Å². The van der Waals surface area contributed by atoms with Crippen molar-refractivity contribution in [3.05, 3.63) is 29.8 Å². The molecule has 0 saturated heterocycles. The van der Waals surface area contributed by atoms with Crippen LogP contribution in [0.4, 0.5) is 0 Å². The molecular weight excluding hydrogens is 390 g/mol. The Bertz CT molecular complexity index is 768. The second kappa shape index (κ2) is 11.3. The van der Waals surface area contributed by atoms with Crippen LogP contribution in [0, 0.1) is 0 Å². The molecule has 0 heterocycles. The summed E-state index contributed by atoms with van der Waals surface area (Å²) in [4.78, 5) is 26.3. The number of amides is 2. The van der Waals surface area contributed by atoms with Crippen LogP contribution < -0.4 is 10.0 Å². The summed E-state index contributed by atoms with van der Waals surface area (Å²) in [6.07, 6.45) is 4.86. The number of carbonyl (C=O) groups is 2. The van der Waals surface area contributed by atoms with Crippen molar-refractivity contribution >= 4 is 21.8 Å². The molecule has 0 bridgehead atoms. The number of nitrogens with zero attached hydrogens (tertiary/aromatic N) is 1. The Balaban J connectivity index is 1.71. The lowest BCUT2D eigenvalue weighted by molar-refractivity contribution is -0.131. The highest BCUT2D eigenvalue weighted by molar-refractivity contribution is 7.89. The minimum Gasteiger partial charge on any atom is -0.352 e. The zero-order valence-electron chi connectivity index (χ0n) is 17.4. The molecule has 1 aromatic rings. The van der Waals surface area contributed by atoms with Crippen LogP contribution in [0.25, 0.3) is 0 Å². The van der Waals surface area contributed by atoms with Crippen LogP contribution in [-0.4, -0.2) is 44.3 Å². The van der Waals surface area contributed by atoms with E-state index in [2.05, 4.69) is 23.9 Å². The van der Waals surface area contributed by atoms with Crippen molar-refractivity contribution in [3.8, 4) is 0 Å². The van der Waals surface area contributed by atoms with E-state index in [1.165, 1.54) is 0 Å². The van der Waals surface area contributed by atoms with E-state index in [1.807, 2.05) is 4.90 Å². The molecule has 0 aromatic heterocycles. The molecule has 0 atom stereocenters. The monoisotopic (exact) mass is 423 g/mol. The molecule has 0 spiro atoms. The Kier molecular flexibility index (Phi) is 9.10. The highest BCUT2D eigenvalue weighted by Gasteiger charge is 2.27. The zero-order valence-corrected chi connectivity index (χ0v) is 18.3. The topological polar surface area (TPSA) is 95.6 Å². The number of nitrogens with one attached hydrogen (secondary N) is 2. The minimum atomic E-state index is -3.45. The summed E-state index contributed by atoms with van der Waals surface area (Å²) < 4.78 is 26.9. The Labute approximate surface area is 174 Å². The maximum Gasteiger partial charge on any atom is 0.240 e. The van der Waals surface area contributed by atoms with Gasteiger partial charge < -0.3 is 10.2 Å². The number of benzene rings is 1. The van der Waals surface area contributed by atoms with E-state index in [0.29, 0.717) is 25.8 Å². The van der Waals surface area contributed by atoms with Crippen LogP contribution in [0.15, 0.2) is 29.2 Å². The summed E-state index contributed by atoms with van der Waals surface area (Å²) in [7, 11) is -3.45. The lowest BCUT2D eigenvalue weighted by atomic mass is 10.2. The van der Waals surface area contributed by atoms with Gasteiger partial charge in [-0.2, -0.15) is 0 Å². The average molecular weight is 424 g/mol. The molecule has 1 aliphatic carbocycles. The Morgan fingerprint density at radius 3 is 2.21 bits per heavy atom. The van der Waals surface area contributed by atoms with Crippen LogP contribution in [0.1, 0.15) is 64.4 Å². The van der Waals surface area contributed by atoms with Crippen LogP contribution >= 0.6 is 0 Å². The number of hydrogen-bond donors (Lipinski definition) is 2. The summed E-state index contributed by atoms with van der Waals surface area (Å²) in [5.74, 6) is 0.000497. The second-order valence-corrected chi connectivity index (χ2v) is 9.26. The molecule has 8 heteroatoms. The molecule has 0 aliphatic heterocycles. The number of sulfonamides is 1. The van der Waals surface area contributed by atoms with Gasteiger partial charge in [0, 0.05) is 38.5 Å².